The van der Waals surface area contributed by atoms with Crippen LogP contribution in [0.25, 0.3) is 6.08 Å². The Morgan fingerprint density at radius 2 is 1.95 bits per heavy atom. The van der Waals surface area contributed by atoms with Gasteiger partial charge in [0, 0.05) is 0 Å². The lowest BCUT2D eigenvalue weighted by molar-refractivity contribution is 0.205. The molecule has 0 aliphatic heterocycles. The van der Waals surface area contributed by atoms with E-state index in [0.717, 1.165) is 17.7 Å². The van der Waals surface area contributed by atoms with Gasteiger partial charge in [-0.3, -0.25) is 0 Å². The Balaban J connectivity index is 2.39. The molecule has 0 aromatic heterocycles. The minimum absolute atomic E-state index is 0.292. The van der Waals surface area contributed by atoms with Crippen molar-refractivity contribution in [2.24, 2.45) is 0 Å². The molecule has 106 valence electrons. The zero-order valence-corrected chi connectivity index (χ0v) is 12.7. The number of hydrogen-bond acceptors (Lipinski definition) is 1. The second-order valence-corrected chi connectivity index (χ2v) is 5.36. The third-order valence-corrected chi connectivity index (χ3v) is 3.49. The smallest absolute Gasteiger partial charge is 0.123 e. The van der Waals surface area contributed by atoms with Crippen LogP contribution >= 0.6 is 0 Å². The van der Waals surface area contributed by atoms with Gasteiger partial charge in [0.25, 0.3) is 0 Å². The summed E-state index contributed by atoms with van der Waals surface area (Å²) in [6.07, 6.45) is 9.90. The Morgan fingerprint density at radius 1 is 1.21 bits per heavy atom. The normalized spacial score (nSPS) is 12.2. The first kappa shape index (κ1) is 15.8. The highest BCUT2D eigenvalue weighted by molar-refractivity contribution is 5.51. The van der Waals surface area contributed by atoms with Gasteiger partial charge in [0.2, 0.25) is 0 Å². The van der Waals surface area contributed by atoms with Gasteiger partial charge in [0.1, 0.15) is 5.75 Å². The quantitative estimate of drug-likeness (QED) is 0.512. The van der Waals surface area contributed by atoms with Crippen molar-refractivity contribution in [1.29, 1.82) is 0 Å². The molecule has 0 radical (unpaired) electrons. The molecular formula is C18H28O. The predicted octanol–water partition coefficient (Wildman–Crippen LogP) is 5.77. The van der Waals surface area contributed by atoms with E-state index in [1.54, 1.807) is 0 Å². The molecule has 0 aliphatic rings. The molecular weight excluding hydrogens is 232 g/mol. The fourth-order valence-electron chi connectivity index (χ4n) is 2.18. The molecule has 0 spiro atoms. The standard InChI is InChI=1S/C18H28O/c1-5-7-8-9-10-11-16(4)19-18-14-17(6-2)13-12-15(18)3/h6,12-14,16H,2,5,7-11H2,1,3-4H3. The third kappa shape index (κ3) is 5.96. The van der Waals surface area contributed by atoms with Crippen LogP contribution in [0.4, 0.5) is 0 Å². The third-order valence-electron chi connectivity index (χ3n) is 3.49. The zero-order chi connectivity index (χ0) is 14.1. The molecule has 0 saturated carbocycles. The summed E-state index contributed by atoms with van der Waals surface area (Å²) in [5.41, 5.74) is 2.32. The minimum atomic E-state index is 0.292. The van der Waals surface area contributed by atoms with E-state index in [1.807, 2.05) is 6.08 Å². The van der Waals surface area contributed by atoms with Gasteiger partial charge in [0.05, 0.1) is 6.10 Å². The summed E-state index contributed by atoms with van der Waals surface area (Å²) < 4.78 is 6.05. The van der Waals surface area contributed by atoms with E-state index in [-0.39, 0.29) is 0 Å². The molecule has 1 unspecified atom stereocenters. The fraction of sp³-hybridized carbons (Fsp3) is 0.556. The summed E-state index contributed by atoms with van der Waals surface area (Å²) in [6, 6.07) is 6.25. The van der Waals surface area contributed by atoms with Crippen molar-refractivity contribution in [2.75, 3.05) is 0 Å². The molecule has 0 amide bonds. The molecule has 1 atom stereocenters. The first-order chi connectivity index (χ1) is 9.17. The van der Waals surface area contributed by atoms with Crippen LogP contribution in [0.5, 0.6) is 5.75 Å². The van der Waals surface area contributed by atoms with Gasteiger partial charge in [0.15, 0.2) is 0 Å². The Hall–Kier alpha value is -1.24. The van der Waals surface area contributed by atoms with E-state index < -0.39 is 0 Å². The first-order valence-corrected chi connectivity index (χ1v) is 7.57. The number of aryl methyl sites for hydroxylation is 1. The fourth-order valence-corrected chi connectivity index (χ4v) is 2.18. The number of rotatable bonds is 9. The average molecular weight is 260 g/mol. The summed E-state index contributed by atoms with van der Waals surface area (Å²) >= 11 is 0. The highest BCUT2D eigenvalue weighted by Gasteiger charge is 2.06. The molecule has 1 nitrogen and oxygen atoms in total. The van der Waals surface area contributed by atoms with E-state index in [2.05, 4.69) is 45.5 Å². The van der Waals surface area contributed by atoms with Crippen LogP contribution in [0.3, 0.4) is 0 Å². The molecule has 0 heterocycles. The zero-order valence-electron chi connectivity index (χ0n) is 12.7. The summed E-state index contributed by atoms with van der Waals surface area (Å²) in [5.74, 6) is 0.999. The highest BCUT2D eigenvalue weighted by atomic mass is 16.5. The van der Waals surface area contributed by atoms with Crippen molar-refractivity contribution < 1.29 is 4.74 Å². The van der Waals surface area contributed by atoms with E-state index in [9.17, 15) is 0 Å². The summed E-state index contributed by atoms with van der Waals surface area (Å²) in [7, 11) is 0. The van der Waals surface area contributed by atoms with E-state index in [0.29, 0.717) is 6.10 Å². The molecule has 0 aliphatic carbocycles. The molecule has 0 fully saturated rings. The van der Waals surface area contributed by atoms with Crippen LogP contribution < -0.4 is 4.74 Å². The molecule has 0 N–H and O–H groups in total. The molecule has 1 rings (SSSR count). The van der Waals surface area contributed by atoms with Crippen molar-refractivity contribution in [2.45, 2.75) is 65.4 Å². The lowest BCUT2D eigenvalue weighted by Crippen LogP contribution is -2.12. The highest BCUT2D eigenvalue weighted by Crippen LogP contribution is 2.22. The lowest BCUT2D eigenvalue weighted by Gasteiger charge is -2.17. The maximum atomic E-state index is 6.05. The van der Waals surface area contributed by atoms with Gasteiger partial charge in [-0.2, -0.15) is 0 Å². The van der Waals surface area contributed by atoms with E-state index in [4.69, 9.17) is 4.74 Å². The Labute approximate surface area is 118 Å². The van der Waals surface area contributed by atoms with E-state index >= 15 is 0 Å². The van der Waals surface area contributed by atoms with Crippen LogP contribution in [0.1, 0.15) is 63.5 Å². The average Bonchev–Trinajstić information content (AvgIpc) is 2.41. The number of benzene rings is 1. The number of ether oxygens (including phenoxy) is 1. The molecule has 0 bridgehead atoms. The van der Waals surface area contributed by atoms with Gasteiger partial charge in [-0.1, -0.05) is 57.4 Å². The van der Waals surface area contributed by atoms with Crippen LogP contribution in [-0.4, -0.2) is 6.10 Å². The first-order valence-electron chi connectivity index (χ1n) is 7.57. The monoisotopic (exact) mass is 260 g/mol. The van der Waals surface area contributed by atoms with E-state index in [1.165, 1.54) is 37.7 Å². The summed E-state index contributed by atoms with van der Waals surface area (Å²) in [5, 5.41) is 0. The van der Waals surface area contributed by atoms with Crippen LogP contribution in [0.15, 0.2) is 24.8 Å². The Bertz CT molecular complexity index is 381. The SMILES string of the molecule is C=Cc1ccc(C)c(OC(C)CCCCCCC)c1. The largest absolute Gasteiger partial charge is 0.490 e. The molecule has 1 aromatic carbocycles. The van der Waals surface area contributed by atoms with Crippen LogP contribution in [-0.2, 0) is 0 Å². The summed E-state index contributed by atoms with van der Waals surface area (Å²) in [4.78, 5) is 0. The maximum Gasteiger partial charge on any atom is 0.123 e. The van der Waals surface area contributed by atoms with Crippen molar-refractivity contribution in [1.82, 2.24) is 0 Å². The summed E-state index contributed by atoms with van der Waals surface area (Å²) in [6.45, 7) is 10.3. The van der Waals surface area contributed by atoms with Crippen molar-refractivity contribution in [3.8, 4) is 5.75 Å². The Kier molecular flexibility index (Phi) is 7.32. The van der Waals surface area contributed by atoms with Crippen molar-refractivity contribution in [3.63, 3.8) is 0 Å². The topological polar surface area (TPSA) is 9.23 Å². The van der Waals surface area contributed by atoms with Crippen LogP contribution in [0.2, 0.25) is 0 Å². The lowest BCUT2D eigenvalue weighted by atomic mass is 10.1. The molecule has 1 heteroatoms. The predicted molar refractivity (Wildman–Crippen MR) is 84.7 cm³/mol. The van der Waals surface area contributed by atoms with Crippen molar-refractivity contribution >= 4 is 6.08 Å². The second kappa shape index (κ2) is 8.79. The number of hydrogen-bond donors (Lipinski definition) is 0. The van der Waals surface area contributed by atoms with Gasteiger partial charge < -0.3 is 4.74 Å². The maximum absolute atomic E-state index is 6.05. The molecule has 1 aromatic rings. The van der Waals surface area contributed by atoms with Gasteiger partial charge in [-0.25, -0.2) is 0 Å². The molecule has 0 saturated heterocycles. The Morgan fingerprint density at radius 3 is 2.63 bits per heavy atom. The van der Waals surface area contributed by atoms with Gasteiger partial charge in [-0.15, -0.1) is 0 Å². The second-order valence-electron chi connectivity index (χ2n) is 5.36. The minimum Gasteiger partial charge on any atom is -0.490 e. The number of unbranched alkanes of at least 4 members (excludes halogenated alkanes) is 4. The van der Waals surface area contributed by atoms with Crippen molar-refractivity contribution in [3.05, 3.63) is 35.9 Å². The van der Waals surface area contributed by atoms with Crippen LogP contribution in [0, 0.1) is 6.92 Å². The van der Waals surface area contributed by atoms with Gasteiger partial charge in [-0.05, 0) is 43.9 Å². The molecule has 19 heavy (non-hydrogen) atoms. The van der Waals surface area contributed by atoms with Gasteiger partial charge >= 0.3 is 0 Å².